The first kappa shape index (κ1) is 32.0. The summed E-state index contributed by atoms with van der Waals surface area (Å²) in [7, 11) is 0. The first-order chi connectivity index (χ1) is 20.8. The topological polar surface area (TPSA) is 97.7 Å². The molecule has 3 aromatic rings. The van der Waals surface area contributed by atoms with Gasteiger partial charge in [0.15, 0.2) is 16.8 Å². The molecule has 5 rings (SSSR count). The smallest absolute Gasteiger partial charge is 0.416 e. The van der Waals surface area contributed by atoms with Gasteiger partial charge in [0.2, 0.25) is 5.82 Å². The Morgan fingerprint density at radius 3 is 2.50 bits per heavy atom. The van der Waals surface area contributed by atoms with Gasteiger partial charge in [-0.2, -0.15) is 17.6 Å². The molecule has 0 spiro atoms. The van der Waals surface area contributed by atoms with Crippen molar-refractivity contribution in [1.29, 1.82) is 0 Å². The Hall–Kier alpha value is -3.43. The van der Waals surface area contributed by atoms with Crippen molar-refractivity contribution in [2.75, 3.05) is 56.0 Å². The maximum absolute atomic E-state index is 15.7. The van der Waals surface area contributed by atoms with Crippen LogP contribution in [0.4, 0.5) is 38.7 Å². The molecule has 44 heavy (non-hydrogen) atoms. The van der Waals surface area contributed by atoms with Crippen LogP contribution in [0.5, 0.6) is 0 Å². The normalized spacial score (nSPS) is 18.0. The van der Waals surface area contributed by atoms with Crippen molar-refractivity contribution in [3.63, 3.8) is 0 Å². The number of hydrogen-bond donors (Lipinski definition) is 2. The van der Waals surface area contributed by atoms with Gasteiger partial charge in [0, 0.05) is 56.3 Å². The highest BCUT2D eigenvalue weighted by molar-refractivity contribution is 7.16. The number of anilines is 3. The molecule has 2 aromatic heterocycles. The molecular formula is C29H34F5N7O2S. The maximum atomic E-state index is 15.7. The number of aromatic nitrogens is 3. The molecule has 4 heterocycles. The number of alkyl halides is 3. The SMILES string of the molecule is CC1(C)CCCN(Cc2sc(Nc3ncnc(N4CCN(CCC(=O)O)CC4)c3F)nc2-c2cc(F)cc(C(F)(F)F)c2)C1. The fraction of sp³-hybridized carbons (Fsp3) is 0.517. The average molecular weight is 640 g/mol. The Balaban J connectivity index is 1.41. The molecule has 0 amide bonds. The van der Waals surface area contributed by atoms with Crippen LogP contribution in [-0.4, -0.2) is 81.6 Å². The summed E-state index contributed by atoms with van der Waals surface area (Å²) in [5.74, 6) is -2.70. The van der Waals surface area contributed by atoms with E-state index in [1.165, 1.54) is 6.33 Å². The summed E-state index contributed by atoms with van der Waals surface area (Å²) in [6, 6.07) is 2.36. The van der Waals surface area contributed by atoms with Crippen molar-refractivity contribution in [3.8, 4) is 11.3 Å². The number of carbonyl (C=O) groups is 1. The third kappa shape index (κ3) is 7.80. The second-order valence-corrected chi connectivity index (χ2v) is 13.0. The summed E-state index contributed by atoms with van der Waals surface area (Å²) in [6.45, 7) is 8.64. The standard InChI is InChI=1S/C29H34F5N7O2S/c1-28(2)5-3-6-40(16-28)15-21-24(18-12-19(29(32,33)34)14-20(30)13-18)37-27(44-21)38-25-23(31)26(36-17-35-25)41-10-8-39(9-11-41)7-4-22(42)43/h12-14,17H,3-11,15-16H2,1-2H3,(H,42,43)(H,35,36,37,38). The van der Waals surface area contributed by atoms with Crippen molar-refractivity contribution < 1.29 is 31.9 Å². The number of hydrogen-bond acceptors (Lipinski definition) is 9. The van der Waals surface area contributed by atoms with Gasteiger partial charge in [-0.25, -0.2) is 19.3 Å². The van der Waals surface area contributed by atoms with Crippen LogP contribution >= 0.6 is 11.3 Å². The van der Waals surface area contributed by atoms with Gasteiger partial charge >= 0.3 is 12.1 Å². The van der Waals surface area contributed by atoms with Crippen LogP contribution in [-0.2, 0) is 17.5 Å². The third-order valence-corrected chi connectivity index (χ3v) is 8.81. The Bertz CT molecular complexity index is 1490. The summed E-state index contributed by atoms with van der Waals surface area (Å²) in [5.41, 5.74) is -0.875. The molecule has 2 aliphatic heterocycles. The quantitative estimate of drug-likeness (QED) is 0.279. The molecule has 238 valence electrons. The van der Waals surface area contributed by atoms with Crippen molar-refractivity contribution in [2.24, 2.45) is 5.41 Å². The zero-order chi connectivity index (χ0) is 31.6. The predicted octanol–water partition coefficient (Wildman–Crippen LogP) is 5.86. The predicted molar refractivity (Wildman–Crippen MR) is 157 cm³/mol. The number of piperidine rings is 1. The molecule has 0 bridgehead atoms. The van der Waals surface area contributed by atoms with Crippen LogP contribution in [0.2, 0.25) is 0 Å². The van der Waals surface area contributed by atoms with Crippen molar-refractivity contribution in [3.05, 3.63) is 46.6 Å². The van der Waals surface area contributed by atoms with E-state index in [2.05, 4.69) is 39.0 Å². The fourth-order valence-electron chi connectivity index (χ4n) is 5.72. The largest absolute Gasteiger partial charge is 0.481 e. The van der Waals surface area contributed by atoms with Crippen LogP contribution in [0.1, 0.15) is 43.6 Å². The van der Waals surface area contributed by atoms with Gasteiger partial charge < -0.3 is 15.3 Å². The molecule has 0 aliphatic carbocycles. The van der Waals surface area contributed by atoms with E-state index in [0.717, 1.165) is 49.4 Å². The van der Waals surface area contributed by atoms with Gasteiger partial charge in [-0.3, -0.25) is 14.6 Å². The van der Waals surface area contributed by atoms with Gasteiger partial charge in [0.25, 0.3) is 0 Å². The van der Waals surface area contributed by atoms with E-state index < -0.39 is 29.3 Å². The van der Waals surface area contributed by atoms with Gasteiger partial charge in [-0.05, 0) is 43.0 Å². The van der Waals surface area contributed by atoms with E-state index >= 15 is 4.39 Å². The van der Waals surface area contributed by atoms with Crippen LogP contribution in [0, 0.1) is 17.0 Å². The Kier molecular flexibility index (Phi) is 9.37. The van der Waals surface area contributed by atoms with E-state index in [0.29, 0.717) is 50.2 Å². The lowest BCUT2D eigenvalue weighted by Crippen LogP contribution is -2.47. The number of carboxylic acids is 1. The minimum Gasteiger partial charge on any atom is -0.481 e. The number of benzene rings is 1. The number of halogens is 5. The number of thiazole rings is 1. The number of rotatable bonds is 9. The number of nitrogens with zero attached hydrogens (tertiary/aromatic N) is 6. The zero-order valence-corrected chi connectivity index (χ0v) is 25.2. The van der Waals surface area contributed by atoms with E-state index in [-0.39, 0.29) is 39.9 Å². The number of aliphatic carboxylic acids is 1. The maximum Gasteiger partial charge on any atom is 0.416 e. The fourth-order valence-corrected chi connectivity index (χ4v) is 6.74. The Morgan fingerprint density at radius 2 is 1.82 bits per heavy atom. The molecule has 2 fully saturated rings. The lowest BCUT2D eigenvalue weighted by Gasteiger charge is -2.37. The molecule has 0 radical (unpaired) electrons. The zero-order valence-electron chi connectivity index (χ0n) is 24.4. The van der Waals surface area contributed by atoms with Crippen LogP contribution in [0.25, 0.3) is 11.3 Å². The second-order valence-electron chi connectivity index (χ2n) is 12.0. The van der Waals surface area contributed by atoms with Crippen molar-refractivity contribution in [1.82, 2.24) is 24.8 Å². The molecule has 2 aliphatic rings. The first-order valence-corrected chi connectivity index (χ1v) is 15.2. The molecule has 9 nitrogen and oxygen atoms in total. The summed E-state index contributed by atoms with van der Waals surface area (Å²) in [4.78, 5) is 30.1. The minimum absolute atomic E-state index is 0.0162. The molecule has 0 unspecified atom stereocenters. The lowest BCUT2D eigenvalue weighted by molar-refractivity contribution is -0.138. The van der Waals surface area contributed by atoms with Gasteiger partial charge in [0.1, 0.15) is 12.1 Å². The molecule has 2 N–H and O–H groups in total. The van der Waals surface area contributed by atoms with Gasteiger partial charge in [0.05, 0.1) is 17.7 Å². The molecule has 1 aromatic carbocycles. The minimum atomic E-state index is -4.74. The third-order valence-electron chi connectivity index (χ3n) is 7.85. The summed E-state index contributed by atoms with van der Waals surface area (Å²) in [6.07, 6.45) is -1.49. The van der Waals surface area contributed by atoms with E-state index in [9.17, 15) is 22.4 Å². The highest BCUT2D eigenvalue weighted by Crippen LogP contribution is 2.39. The van der Waals surface area contributed by atoms with Crippen LogP contribution in [0.15, 0.2) is 24.5 Å². The number of carboxylic acid groups (broad SMARTS) is 1. The molecule has 0 atom stereocenters. The number of likely N-dealkylation sites (tertiary alicyclic amines) is 1. The molecule has 2 saturated heterocycles. The van der Waals surface area contributed by atoms with Gasteiger partial charge in [-0.1, -0.05) is 25.2 Å². The number of piperazine rings is 1. The summed E-state index contributed by atoms with van der Waals surface area (Å²) >= 11 is 1.16. The second kappa shape index (κ2) is 12.9. The molecule has 0 saturated carbocycles. The van der Waals surface area contributed by atoms with Gasteiger partial charge in [-0.15, -0.1) is 0 Å². The van der Waals surface area contributed by atoms with Crippen LogP contribution in [0.3, 0.4) is 0 Å². The highest BCUT2D eigenvalue weighted by Gasteiger charge is 2.33. The summed E-state index contributed by atoms with van der Waals surface area (Å²) in [5, 5.41) is 12.0. The monoisotopic (exact) mass is 639 g/mol. The highest BCUT2D eigenvalue weighted by atomic mass is 32.1. The molecule has 15 heteroatoms. The Morgan fingerprint density at radius 1 is 1.07 bits per heavy atom. The lowest BCUT2D eigenvalue weighted by atomic mass is 9.84. The summed E-state index contributed by atoms with van der Waals surface area (Å²) < 4.78 is 70.8. The van der Waals surface area contributed by atoms with E-state index in [4.69, 9.17) is 5.11 Å². The van der Waals surface area contributed by atoms with Crippen molar-refractivity contribution >= 4 is 34.1 Å². The number of nitrogens with one attached hydrogen (secondary N) is 1. The van der Waals surface area contributed by atoms with Crippen LogP contribution < -0.4 is 10.2 Å². The average Bonchev–Trinajstić information content (AvgIpc) is 3.34. The van der Waals surface area contributed by atoms with E-state index in [1.807, 2.05) is 4.90 Å². The first-order valence-electron chi connectivity index (χ1n) is 14.3. The van der Waals surface area contributed by atoms with E-state index in [1.54, 1.807) is 4.90 Å². The Labute approximate surface area is 255 Å². The molecular weight excluding hydrogens is 605 g/mol. The van der Waals surface area contributed by atoms with Crippen molar-refractivity contribution in [2.45, 2.75) is 45.8 Å².